The van der Waals surface area contributed by atoms with E-state index < -0.39 is 21.9 Å². The van der Waals surface area contributed by atoms with Crippen LogP contribution in [0.3, 0.4) is 0 Å². The van der Waals surface area contributed by atoms with Gasteiger partial charge in [0.05, 0.1) is 11.9 Å². The molecule has 0 saturated heterocycles. The van der Waals surface area contributed by atoms with Crippen molar-refractivity contribution in [2.45, 2.75) is 64.0 Å². The lowest BCUT2D eigenvalue weighted by Crippen LogP contribution is -2.50. The van der Waals surface area contributed by atoms with Gasteiger partial charge in [-0.15, -0.1) is 0 Å². The highest BCUT2D eigenvalue weighted by atomic mass is 32.2. The monoisotopic (exact) mass is 517 g/mol. The second kappa shape index (κ2) is 12.9. The highest BCUT2D eigenvalue weighted by Crippen LogP contribution is 2.20. The molecule has 1 unspecified atom stereocenters. The van der Waals surface area contributed by atoms with E-state index in [0.29, 0.717) is 18.7 Å². The Balaban J connectivity index is 1.66. The molecule has 2 aromatic rings. The first-order chi connectivity index (χ1) is 17.1. The maximum atomic E-state index is 13.3. The summed E-state index contributed by atoms with van der Waals surface area (Å²) in [6.07, 6.45) is 6.16. The van der Waals surface area contributed by atoms with Crippen LogP contribution in [0.25, 0.3) is 0 Å². The molecule has 0 radical (unpaired) electrons. The molecule has 2 amide bonds. The molecule has 1 aliphatic rings. The average Bonchev–Trinajstić information content (AvgIpc) is 3.35. The molecular formula is C27H36FN3O4S. The van der Waals surface area contributed by atoms with Gasteiger partial charge in [0.2, 0.25) is 21.8 Å². The van der Waals surface area contributed by atoms with Gasteiger partial charge in [0.15, 0.2) is 0 Å². The maximum Gasteiger partial charge on any atom is 0.242 e. The van der Waals surface area contributed by atoms with Crippen LogP contribution in [0, 0.1) is 5.82 Å². The van der Waals surface area contributed by atoms with Gasteiger partial charge in [0.25, 0.3) is 0 Å². The maximum absolute atomic E-state index is 13.3. The molecule has 2 aromatic carbocycles. The van der Waals surface area contributed by atoms with Crippen LogP contribution < -0.4 is 9.62 Å². The van der Waals surface area contributed by atoms with E-state index in [4.69, 9.17) is 0 Å². The smallest absolute Gasteiger partial charge is 0.242 e. The molecule has 0 spiro atoms. The largest absolute Gasteiger partial charge is 0.352 e. The van der Waals surface area contributed by atoms with E-state index in [9.17, 15) is 22.4 Å². The van der Waals surface area contributed by atoms with E-state index in [0.717, 1.165) is 37.5 Å². The van der Waals surface area contributed by atoms with Crippen molar-refractivity contribution in [2.24, 2.45) is 0 Å². The van der Waals surface area contributed by atoms with Crippen molar-refractivity contribution in [3.63, 3.8) is 0 Å². The zero-order valence-electron chi connectivity index (χ0n) is 21.0. The number of anilines is 1. The predicted molar refractivity (Wildman–Crippen MR) is 140 cm³/mol. The topological polar surface area (TPSA) is 86.8 Å². The van der Waals surface area contributed by atoms with E-state index in [-0.39, 0.29) is 37.2 Å². The minimum atomic E-state index is -3.62. The molecule has 1 fully saturated rings. The second-order valence-electron chi connectivity index (χ2n) is 9.40. The molecule has 7 nitrogen and oxygen atoms in total. The van der Waals surface area contributed by atoms with Crippen molar-refractivity contribution in [1.82, 2.24) is 10.2 Å². The standard InChI is InChI=1S/C27H36FN3O4S/c1-21(27(33)29-24-11-6-7-12-24)30(20-18-22-9-4-3-5-10-22)26(32)13-8-19-31(36(2,34)35)25-16-14-23(28)15-17-25/h3-5,9-10,14-17,21,24H,6-8,11-13,18-20H2,1-2H3,(H,29,33). The average molecular weight is 518 g/mol. The SMILES string of the molecule is CC(C(=O)NC1CCCC1)N(CCc1ccccc1)C(=O)CCCN(c1ccc(F)cc1)S(C)(=O)=O. The van der Waals surface area contributed by atoms with Crippen molar-refractivity contribution in [3.8, 4) is 0 Å². The van der Waals surface area contributed by atoms with E-state index in [1.165, 1.54) is 28.6 Å². The van der Waals surface area contributed by atoms with Gasteiger partial charge in [0, 0.05) is 25.6 Å². The Labute approximate surface area is 213 Å². The third-order valence-corrected chi connectivity index (χ3v) is 7.81. The quantitative estimate of drug-likeness (QED) is 0.463. The molecule has 1 N–H and O–H groups in total. The summed E-state index contributed by atoms with van der Waals surface area (Å²) < 4.78 is 39.1. The zero-order valence-corrected chi connectivity index (χ0v) is 21.8. The molecule has 0 heterocycles. The van der Waals surface area contributed by atoms with E-state index in [1.54, 1.807) is 11.8 Å². The van der Waals surface area contributed by atoms with Crippen molar-refractivity contribution < 1.29 is 22.4 Å². The lowest BCUT2D eigenvalue weighted by atomic mass is 10.1. The van der Waals surface area contributed by atoms with Crippen LogP contribution in [0.5, 0.6) is 0 Å². The highest BCUT2D eigenvalue weighted by molar-refractivity contribution is 7.92. The number of nitrogens with one attached hydrogen (secondary N) is 1. The summed E-state index contributed by atoms with van der Waals surface area (Å²) >= 11 is 0. The van der Waals surface area contributed by atoms with Crippen molar-refractivity contribution in [3.05, 3.63) is 66.0 Å². The fourth-order valence-electron chi connectivity index (χ4n) is 4.57. The van der Waals surface area contributed by atoms with E-state index in [1.807, 2.05) is 30.3 Å². The first-order valence-corrected chi connectivity index (χ1v) is 14.4. The van der Waals surface area contributed by atoms with Crippen LogP contribution >= 0.6 is 0 Å². The number of hydrogen-bond acceptors (Lipinski definition) is 4. The Hall–Kier alpha value is -2.94. The summed E-state index contributed by atoms with van der Waals surface area (Å²) in [5, 5.41) is 3.08. The molecule has 1 saturated carbocycles. The molecular weight excluding hydrogens is 481 g/mol. The van der Waals surface area contributed by atoms with Crippen LogP contribution in [0.15, 0.2) is 54.6 Å². The summed E-state index contributed by atoms with van der Waals surface area (Å²) in [7, 11) is -3.62. The number of halogens is 1. The Morgan fingerprint density at radius 3 is 2.28 bits per heavy atom. The van der Waals surface area contributed by atoms with Crippen LogP contribution in [0.2, 0.25) is 0 Å². The Kier molecular flexibility index (Phi) is 9.87. The minimum absolute atomic E-state index is 0.0748. The molecule has 36 heavy (non-hydrogen) atoms. The highest BCUT2D eigenvalue weighted by Gasteiger charge is 2.28. The zero-order chi connectivity index (χ0) is 26.1. The van der Waals surface area contributed by atoms with E-state index in [2.05, 4.69) is 5.32 Å². The molecule has 0 aromatic heterocycles. The summed E-state index contributed by atoms with van der Waals surface area (Å²) in [6.45, 7) is 2.20. The van der Waals surface area contributed by atoms with Gasteiger partial charge in [-0.1, -0.05) is 43.2 Å². The molecule has 196 valence electrons. The van der Waals surface area contributed by atoms with Gasteiger partial charge >= 0.3 is 0 Å². The molecule has 0 bridgehead atoms. The molecule has 3 rings (SSSR count). The second-order valence-corrected chi connectivity index (χ2v) is 11.3. The minimum Gasteiger partial charge on any atom is -0.352 e. The van der Waals surface area contributed by atoms with Crippen LogP contribution in [0.1, 0.15) is 51.0 Å². The first kappa shape index (κ1) is 27.6. The summed E-state index contributed by atoms with van der Waals surface area (Å²) in [5.41, 5.74) is 1.41. The van der Waals surface area contributed by atoms with Crippen LogP contribution in [0.4, 0.5) is 10.1 Å². The predicted octanol–water partition coefficient (Wildman–Crippen LogP) is 3.89. The van der Waals surface area contributed by atoms with Gasteiger partial charge in [-0.25, -0.2) is 12.8 Å². The first-order valence-electron chi connectivity index (χ1n) is 12.5. The summed E-state index contributed by atoms with van der Waals surface area (Å²) in [4.78, 5) is 27.8. The van der Waals surface area contributed by atoms with Crippen molar-refractivity contribution >= 4 is 27.5 Å². The number of carbonyl (C=O) groups is 2. The van der Waals surface area contributed by atoms with Crippen molar-refractivity contribution in [1.29, 1.82) is 0 Å². The van der Waals surface area contributed by atoms with Gasteiger partial charge in [0.1, 0.15) is 11.9 Å². The Bertz CT molecular complexity index is 1100. The fourth-order valence-corrected chi connectivity index (χ4v) is 5.54. The molecule has 1 atom stereocenters. The number of nitrogens with zero attached hydrogens (tertiary/aromatic N) is 2. The normalized spacial score (nSPS) is 14.9. The van der Waals surface area contributed by atoms with E-state index >= 15 is 0 Å². The molecule has 0 aliphatic heterocycles. The Morgan fingerprint density at radius 2 is 1.67 bits per heavy atom. The lowest BCUT2D eigenvalue weighted by molar-refractivity contribution is -0.140. The molecule has 1 aliphatic carbocycles. The summed E-state index contributed by atoms with van der Waals surface area (Å²) in [6, 6.07) is 14.5. The fraction of sp³-hybridized carbons (Fsp3) is 0.481. The summed E-state index contributed by atoms with van der Waals surface area (Å²) in [5.74, 6) is -0.818. The van der Waals surface area contributed by atoms with Gasteiger partial charge in [-0.2, -0.15) is 0 Å². The van der Waals surface area contributed by atoms with Crippen LogP contribution in [-0.4, -0.2) is 56.6 Å². The van der Waals surface area contributed by atoms with Gasteiger partial charge in [-0.05, 0) is 62.4 Å². The number of sulfonamides is 1. The molecule has 9 heteroatoms. The third kappa shape index (κ3) is 8.05. The number of amides is 2. The van der Waals surface area contributed by atoms with Gasteiger partial charge in [-0.3, -0.25) is 13.9 Å². The van der Waals surface area contributed by atoms with Gasteiger partial charge < -0.3 is 10.2 Å². The number of carbonyl (C=O) groups excluding carboxylic acids is 2. The number of hydrogen-bond donors (Lipinski definition) is 1. The van der Waals surface area contributed by atoms with Crippen LogP contribution in [-0.2, 0) is 26.0 Å². The Morgan fingerprint density at radius 1 is 1.03 bits per heavy atom. The van der Waals surface area contributed by atoms with Crippen molar-refractivity contribution in [2.75, 3.05) is 23.7 Å². The number of benzene rings is 2. The lowest BCUT2D eigenvalue weighted by Gasteiger charge is -2.30. The third-order valence-electron chi connectivity index (χ3n) is 6.62. The number of rotatable bonds is 12.